The topological polar surface area (TPSA) is 37.0 Å². The summed E-state index contributed by atoms with van der Waals surface area (Å²) in [7, 11) is 1.72. The lowest BCUT2D eigenvalue weighted by Gasteiger charge is -2.30. The number of H-pyrrole nitrogens is 1. The van der Waals surface area contributed by atoms with Gasteiger partial charge in [0.1, 0.15) is 5.75 Å². The Kier molecular flexibility index (Phi) is 4.69. The number of hydrogen-bond acceptors (Lipinski definition) is 2. The molecule has 144 valence electrons. The molecule has 0 saturated carbocycles. The van der Waals surface area contributed by atoms with Crippen LogP contribution < -0.4 is 10.1 Å². The van der Waals surface area contributed by atoms with Crippen molar-refractivity contribution in [3.05, 3.63) is 71.4 Å². The number of methoxy groups -OCH3 is 1. The first-order valence-corrected chi connectivity index (χ1v) is 10.5. The van der Waals surface area contributed by atoms with Crippen LogP contribution in [0.15, 0.2) is 54.6 Å². The molecule has 2 unspecified atom stereocenters. The molecule has 1 aliphatic heterocycles. The number of nitrogens with one attached hydrogen (secondary N) is 2. The molecule has 2 N–H and O–H groups in total. The van der Waals surface area contributed by atoms with E-state index in [4.69, 9.17) is 4.74 Å². The largest absolute Gasteiger partial charge is 0.497 e. The van der Waals surface area contributed by atoms with Crippen LogP contribution in [-0.4, -0.2) is 24.7 Å². The quantitative estimate of drug-likeness (QED) is 0.667. The summed E-state index contributed by atoms with van der Waals surface area (Å²) in [6.45, 7) is 0.969. The third kappa shape index (κ3) is 3.35. The molecule has 0 saturated heterocycles. The van der Waals surface area contributed by atoms with Gasteiger partial charge in [0.05, 0.1) is 7.11 Å². The van der Waals surface area contributed by atoms with Crippen LogP contribution in [0.5, 0.6) is 5.75 Å². The van der Waals surface area contributed by atoms with Gasteiger partial charge in [0, 0.05) is 29.2 Å². The zero-order valence-corrected chi connectivity index (χ0v) is 16.5. The van der Waals surface area contributed by atoms with E-state index in [0.717, 1.165) is 24.6 Å². The predicted molar refractivity (Wildman–Crippen MR) is 116 cm³/mol. The lowest BCUT2D eigenvalue weighted by molar-refractivity contribution is 0.356. The molecule has 1 aromatic heterocycles. The summed E-state index contributed by atoms with van der Waals surface area (Å²) >= 11 is 0. The molecule has 2 heterocycles. The highest BCUT2D eigenvalue weighted by Crippen LogP contribution is 2.35. The maximum Gasteiger partial charge on any atom is 0.118 e. The number of ether oxygens (including phenoxy) is 1. The first-order chi connectivity index (χ1) is 13.8. The second-order valence-electron chi connectivity index (χ2n) is 8.24. The van der Waals surface area contributed by atoms with Crippen molar-refractivity contribution in [3.8, 4) is 5.75 Å². The molecule has 3 heteroatoms. The van der Waals surface area contributed by atoms with Crippen LogP contribution in [0.25, 0.3) is 16.5 Å². The van der Waals surface area contributed by atoms with E-state index >= 15 is 0 Å². The smallest absolute Gasteiger partial charge is 0.118 e. The van der Waals surface area contributed by atoms with E-state index in [-0.39, 0.29) is 0 Å². The molecule has 1 aliphatic carbocycles. The Balaban J connectivity index is 1.27. The van der Waals surface area contributed by atoms with Crippen molar-refractivity contribution in [2.75, 3.05) is 13.7 Å². The van der Waals surface area contributed by atoms with Gasteiger partial charge in [-0.1, -0.05) is 36.4 Å². The fourth-order valence-corrected chi connectivity index (χ4v) is 5.02. The summed E-state index contributed by atoms with van der Waals surface area (Å²) in [5.41, 5.74) is 7.12. The Bertz CT molecular complexity index is 999. The number of aryl methyl sites for hydroxylation is 1. The second-order valence-corrected chi connectivity index (χ2v) is 8.24. The highest BCUT2D eigenvalue weighted by Gasteiger charge is 2.26. The predicted octanol–water partition coefficient (Wildman–Crippen LogP) is 5.12. The summed E-state index contributed by atoms with van der Waals surface area (Å²) in [5, 5.41) is 5.16. The van der Waals surface area contributed by atoms with Gasteiger partial charge < -0.3 is 15.0 Å². The van der Waals surface area contributed by atoms with Crippen molar-refractivity contribution in [1.82, 2.24) is 10.3 Å². The van der Waals surface area contributed by atoms with Crippen molar-refractivity contribution in [2.45, 2.75) is 38.1 Å². The lowest BCUT2D eigenvalue weighted by Crippen LogP contribution is -2.35. The van der Waals surface area contributed by atoms with Crippen LogP contribution in [0.1, 0.15) is 36.1 Å². The third-order valence-corrected chi connectivity index (χ3v) is 6.50. The van der Waals surface area contributed by atoms with E-state index in [9.17, 15) is 0 Å². The van der Waals surface area contributed by atoms with E-state index < -0.39 is 0 Å². The molecular weight excluding hydrogens is 344 g/mol. The Hall–Kier alpha value is -2.52. The number of para-hydroxylation sites is 1. The van der Waals surface area contributed by atoms with Gasteiger partial charge in [0.2, 0.25) is 0 Å². The molecule has 2 atom stereocenters. The SMILES string of the molecule is COc1ccc(C2=CCNC(CC3CCc4[nH]c5ccccc5c4C3)C2)cc1. The fraction of sp³-hybridized carbons (Fsp3) is 0.360. The van der Waals surface area contributed by atoms with Crippen molar-refractivity contribution < 1.29 is 4.74 Å². The molecule has 0 radical (unpaired) electrons. The highest BCUT2D eigenvalue weighted by molar-refractivity contribution is 5.84. The van der Waals surface area contributed by atoms with Crippen molar-refractivity contribution >= 4 is 16.5 Å². The molecular formula is C25H28N2O. The average Bonchev–Trinajstić information content (AvgIpc) is 3.12. The lowest BCUT2D eigenvalue weighted by atomic mass is 9.80. The summed E-state index contributed by atoms with van der Waals surface area (Å²) in [4.78, 5) is 3.64. The van der Waals surface area contributed by atoms with Gasteiger partial charge in [0.25, 0.3) is 0 Å². The summed E-state index contributed by atoms with van der Waals surface area (Å²) < 4.78 is 5.30. The van der Waals surface area contributed by atoms with E-state index in [0.29, 0.717) is 6.04 Å². The summed E-state index contributed by atoms with van der Waals surface area (Å²) in [6, 6.07) is 17.8. The maximum absolute atomic E-state index is 5.30. The summed E-state index contributed by atoms with van der Waals surface area (Å²) in [6.07, 6.45) is 8.40. The number of aromatic nitrogens is 1. The third-order valence-electron chi connectivity index (χ3n) is 6.50. The van der Waals surface area contributed by atoms with Crippen molar-refractivity contribution in [1.29, 1.82) is 0 Å². The maximum atomic E-state index is 5.30. The standard InChI is InChI=1S/C25H28N2O/c1-28-21-9-7-18(8-10-21)19-12-13-26-20(16-19)14-17-6-11-25-23(15-17)22-4-2-3-5-24(22)27-25/h2-5,7-10,12,17,20,26-27H,6,11,13-16H2,1H3. The van der Waals surface area contributed by atoms with Crippen LogP contribution in [0.2, 0.25) is 0 Å². The molecule has 3 aromatic rings. The zero-order chi connectivity index (χ0) is 18.9. The van der Waals surface area contributed by atoms with Gasteiger partial charge in [-0.15, -0.1) is 0 Å². The van der Waals surface area contributed by atoms with E-state index in [2.05, 4.69) is 64.9 Å². The van der Waals surface area contributed by atoms with Crippen LogP contribution in [-0.2, 0) is 12.8 Å². The van der Waals surface area contributed by atoms with Gasteiger partial charge in [-0.2, -0.15) is 0 Å². The van der Waals surface area contributed by atoms with E-state index in [1.165, 1.54) is 53.4 Å². The van der Waals surface area contributed by atoms with Gasteiger partial charge in [0.15, 0.2) is 0 Å². The number of hydrogen-bond donors (Lipinski definition) is 2. The molecule has 0 spiro atoms. The molecule has 0 bridgehead atoms. The summed E-state index contributed by atoms with van der Waals surface area (Å²) in [5.74, 6) is 1.69. The van der Waals surface area contributed by atoms with Crippen molar-refractivity contribution in [2.24, 2.45) is 5.92 Å². The van der Waals surface area contributed by atoms with Crippen molar-refractivity contribution in [3.63, 3.8) is 0 Å². The Morgan fingerprint density at radius 2 is 1.89 bits per heavy atom. The number of fused-ring (bicyclic) bond motifs is 3. The monoisotopic (exact) mass is 372 g/mol. The van der Waals surface area contributed by atoms with Gasteiger partial charge in [-0.25, -0.2) is 0 Å². The van der Waals surface area contributed by atoms with Crippen LogP contribution in [0.3, 0.4) is 0 Å². The van der Waals surface area contributed by atoms with Crippen LogP contribution in [0.4, 0.5) is 0 Å². The molecule has 3 nitrogen and oxygen atoms in total. The molecule has 0 amide bonds. The highest BCUT2D eigenvalue weighted by atomic mass is 16.5. The van der Waals surface area contributed by atoms with Gasteiger partial charge in [-0.3, -0.25) is 0 Å². The minimum atomic E-state index is 0.568. The minimum absolute atomic E-state index is 0.568. The minimum Gasteiger partial charge on any atom is -0.497 e. The van der Waals surface area contributed by atoms with Gasteiger partial charge >= 0.3 is 0 Å². The zero-order valence-electron chi connectivity index (χ0n) is 16.5. The Labute approximate surface area is 166 Å². The average molecular weight is 373 g/mol. The molecule has 2 aromatic carbocycles. The van der Waals surface area contributed by atoms with Crippen LogP contribution in [0, 0.1) is 5.92 Å². The molecule has 2 aliphatic rings. The van der Waals surface area contributed by atoms with E-state index in [1.54, 1.807) is 12.7 Å². The number of benzene rings is 2. The Morgan fingerprint density at radius 3 is 2.75 bits per heavy atom. The Morgan fingerprint density at radius 1 is 1.04 bits per heavy atom. The second kappa shape index (κ2) is 7.48. The molecule has 5 rings (SSSR count). The molecule has 28 heavy (non-hydrogen) atoms. The normalized spacial score (nSPS) is 22.0. The number of rotatable bonds is 4. The molecule has 0 fully saturated rings. The van der Waals surface area contributed by atoms with Crippen LogP contribution >= 0.6 is 0 Å². The first-order valence-electron chi connectivity index (χ1n) is 10.5. The van der Waals surface area contributed by atoms with E-state index in [1.807, 2.05) is 0 Å². The first kappa shape index (κ1) is 17.6. The number of aromatic amines is 1. The fourth-order valence-electron chi connectivity index (χ4n) is 5.02. The van der Waals surface area contributed by atoms with Gasteiger partial charge in [-0.05, 0) is 72.9 Å².